The number of rotatable bonds is 32. The Hall–Kier alpha value is -2.11. The van der Waals surface area contributed by atoms with Gasteiger partial charge >= 0.3 is 0 Å². The summed E-state index contributed by atoms with van der Waals surface area (Å²) in [6.07, 6.45) is 35.7. The predicted octanol–water partition coefficient (Wildman–Crippen LogP) is 7.66. The van der Waals surface area contributed by atoms with Crippen LogP contribution < -0.4 is 5.32 Å². The minimum Gasteiger partial charge on any atom is -0.394 e. The molecular formula is C43H75NO8. The number of carbonyl (C=O) groups excluding carboxylic acids is 1. The Kier molecular flexibility index (Phi) is 30.8. The van der Waals surface area contributed by atoms with Crippen molar-refractivity contribution in [1.29, 1.82) is 0 Å². The third-order valence-corrected chi connectivity index (χ3v) is 9.31. The van der Waals surface area contributed by atoms with Crippen LogP contribution in [0.2, 0.25) is 0 Å². The van der Waals surface area contributed by atoms with E-state index in [4.69, 9.17) is 9.47 Å². The van der Waals surface area contributed by atoms with E-state index in [9.17, 15) is 30.3 Å². The highest BCUT2D eigenvalue weighted by atomic mass is 16.7. The number of aliphatic hydroxyl groups is 5. The summed E-state index contributed by atoms with van der Waals surface area (Å²) in [6.45, 7) is 3.63. The molecule has 0 saturated carbocycles. The smallest absolute Gasteiger partial charge is 0.220 e. The van der Waals surface area contributed by atoms with Gasteiger partial charge in [0.2, 0.25) is 5.91 Å². The number of allylic oxidation sites excluding steroid dienone is 9. The molecule has 300 valence electrons. The van der Waals surface area contributed by atoms with Crippen molar-refractivity contribution in [1.82, 2.24) is 5.32 Å². The molecule has 0 spiro atoms. The largest absolute Gasteiger partial charge is 0.394 e. The summed E-state index contributed by atoms with van der Waals surface area (Å²) < 4.78 is 11.1. The molecule has 1 aliphatic rings. The number of hydrogen-bond acceptors (Lipinski definition) is 8. The van der Waals surface area contributed by atoms with E-state index in [2.05, 4.69) is 67.8 Å². The van der Waals surface area contributed by atoms with Gasteiger partial charge < -0.3 is 40.3 Å². The zero-order valence-corrected chi connectivity index (χ0v) is 32.5. The normalized spacial score (nSPS) is 22.5. The van der Waals surface area contributed by atoms with Crippen LogP contribution >= 0.6 is 0 Å². The Morgan fingerprint density at radius 1 is 0.654 bits per heavy atom. The molecule has 1 saturated heterocycles. The van der Waals surface area contributed by atoms with E-state index in [-0.39, 0.29) is 12.5 Å². The fourth-order valence-corrected chi connectivity index (χ4v) is 5.93. The van der Waals surface area contributed by atoms with Crippen LogP contribution in [0.15, 0.2) is 60.8 Å². The lowest BCUT2D eigenvalue weighted by Crippen LogP contribution is -2.60. The van der Waals surface area contributed by atoms with Crippen LogP contribution in [0.4, 0.5) is 0 Å². The summed E-state index contributed by atoms with van der Waals surface area (Å²) in [7, 11) is 0. The lowest BCUT2D eigenvalue weighted by Gasteiger charge is -2.40. The summed E-state index contributed by atoms with van der Waals surface area (Å²) in [6, 6.07) is -0.827. The van der Waals surface area contributed by atoms with Crippen molar-refractivity contribution in [3.63, 3.8) is 0 Å². The fraction of sp³-hybridized carbons (Fsp3) is 0.744. The third-order valence-electron chi connectivity index (χ3n) is 9.31. The second-order valence-corrected chi connectivity index (χ2v) is 14.1. The van der Waals surface area contributed by atoms with Gasteiger partial charge in [0, 0.05) is 6.42 Å². The van der Waals surface area contributed by atoms with Gasteiger partial charge in [-0.2, -0.15) is 0 Å². The van der Waals surface area contributed by atoms with E-state index >= 15 is 0 Å². The quantitative estimate of drug-likeness (QED) is 0.0305. The molecule has 0 aliphatic carbocycles. The predicted molar refractivity (Wildman–Crippen MR) is 212 cm³/mol. The molecular weight excluding hydrogens is 658 g/mol. The van der Waals surface area contributed by atoms with E-state index < -0.39 is 49.5 Å². The molecule has 7 unspecified atom stereocenters. The van der Waals surface area contributed by atoms with Crippen molar-refractivity contribution in [3.05, 3.63) is 60.8 Å². The fourth-order valence-electron chi connectivity index (χ4n) is 5.93. The first-order chi connectivity index (χ1) is 25.3. The van der Waals surface area contributed by atoms with Crippen molar-refractivity contribution >= 4 is 5.91 Å². The van der Waals surface area contributed by atoms with Crippen molar-refractivity contribution in [2.75, 3.05) is 13.2 Å². The molecule has 0 aromatic heterocycles. The summed E-state index contributed by atoms with van der Waals surface area (Å²) in [4.78, 5) is 12.9. The van der Waals surface area contributed by atoms with Gasteiger partial charge in [0.1, 0.15) is 24.4 Å². The van der Waals surface area contributed by atoms with Gasteiger partial charge in [0.05, 0.1) is 25.4 Å². The molecule has 52 heavy (non-hydrogen) atoms. The Morgan fingerprint density at radius 2 is 1.17 bits per heavy atom. The standard InChI is InChI=1S/C43H75NO8/c1-3-5-7-9-11-13-14-15-16-17-18-19-20-21-22-23-24-25-27-29-31-33-39(47)44-36(37(46)32-30-28-26-12-10-8-6-4-2)35-51-43-42(50)41(49)40(48)38(34-45)52-43/h10,12,14-15,17-18,20-21,30,32,36-38,40-43,45-46,48-50H,3-9,11,13,16,19,22-29,31,33-35H2,1-2H3,(H,44,47)/b12-10+,15-14-,18-17-,21-20-,32-30+. The third kappa shape index (κ3) is 24.3. The monoisotopic (exact) mass is 734 g/mol. The van der Waals surface area contributed by atoms with Gasteiger partial charge in [0.25, 0.3) is 0 Å². The van der Waals surface area contributed by atoms with Crippen molar-refractivity contribution in [2.24, 2.45) is 0 Å². The van der Waals surface area contributed by atoms with Crippen molar-refractivity contribution in [3.8, 4) is 0 Å². The van der Waals surface area contributed by atoms with Crippen LogP contribution in [-0.2, 0) is 14.3 Å². The Labute approximate surface area is 316 Å². The van der Waals surface area contributed by atoms with Gasteiger partial charge in [0.15, 0.2) is 6.29 Å². The maximum Gasteiger partial charge on any atom is 0.220 e. The number of nitrogens with one attached hydrogen (secondary N) is 1. The molecule has 0 radical (unpaired) electrons. The average Bonchev–Trinajstić information content (AvgIpc) is 3.14. The molecule has 1 fully saturated rings. The maximum absolute atomic E-state index is 12.9. The Bertz CT molecular complexity index is 994. The molecule has 0 bridgehead atoms. The van der Waals surface area contributed by atoms with Crippen molar-refractivity contribution in [2.45, 2.75) is 192 Å². The number of ether oxygens (including phenoxy) is 2. The second kappa shape index (κ2) is 33.5. The Morgan fingerprint density at radius 3 is 1.81 bits per heavy atom. The number of amides is 1. The first-order valence-electron chi connectivity index (χ1n) is 20.5. The summed E-state index contributed by atoms with van der Waals surface area (Å²) >= 11 is 0. The topological polar surface area (TPSA) is 149 Å². The van der Waals surface area contributed by atoms with Crippen LogP contribution in [0.1, 0.15) is 149 Å². The number of aliphatic hydroxyl groups excluding tert-OH is 5. The molecule has 1 rings (SSSR count). The van der Waals surface area contributed by atoms with Gasteiger partial charge in [-0.3, -0.25) is 4.79 Å². The molecule has 0 aromatic carbocycles. The van der Waals surface area contributed by atoms with Crippen molar-refractivity contribution < 1.29 is 39.8 Å². The maximum atomic E-state index is 12.9. The lowest BCUT2D eigenvalue weighted by atomic mass is 9.99. The second-order valence-electron chi connectivity index (χ2n) is 14.1. The van der Waals surface area contributed by atoms with E-state index in [1.807, 2.05) is 6.08 Å². The van der Waals surface area contributed by atoms with Crippen LogP contribution in [0.25, 0.3) is 0 Å². The lowest BCUT2D eigenvalue weighted by molar-refractivity contribution is -0.302. The SMILES string of the molecule is CCCC/C=C/CC/C=C/C(O)C(COC1OC(CO)C(O)C(O)C1O)NC(=O)CCCCCCCC/C=C\C/C=C\C/C=C\CCCCCCC. The minimum atomic E-state index is -1.57. The zero-order valence-electron chi connectivity index (χ0n) is 32.5. The number of unbranched alkanes of at least 4 members (excludes halogenated alkanes) is 14. The van der Waals surface area contributed by atoms with Crippen LogP contribution in [0.3, 0.4) is 0 Å². The van der Waals surface area contributed by atoms with E-state index in [0.717, 1.165) is 77.0 Å². The average molecular weight is 734 g/mol. The molecule has 6 N–H and O–H groups in total. The highest BCUT2D eigenvalue weighted by molar-refractivity contribution is 5.76. The van der Waals surface area contributed by atoms with E-state index in [0.29, 0.717) is 6.42 Å². The summed E-state index contributed by atoms with van der Waals surface area (Å²) in [5, 5.41) is 53.8. The number of hydrogen-bond donors (Lipinski definition) is 6. The number of carbonyl (C=O) groups is 1. The van der Waals surface area contributed by atoms with E-state index in [1.54, 1.807) is 6.08 Å². The molecule has 0 aromatic rings. The van der Waals surface area contributed by atoms with Crippen LogP contribution in [0.5, 0.6) is 0 Å². The summed E-state index contributed by atoms with van der Waals surface area (Å²) in [5.41, 5.74) is 0. The van der Waals surface area contributed by atoms with Gasteiger partial charge in [-0.15, -0.1) is 0 Å². The van der Waals surface area contributed by atoms with Crippen LogP contribution in [-0.4, -0.2) is 87.5 Å². The van der Waals surface area contributed by atoms with Gasteiger partial charge in [-0.05, 0) is 64.2 Å². The first kappa shape index (κ1) is 47.9. The first-order valence-corrected chi connectivity index (χ1v) is 20.5. The van der Waals surface area contributed by atoms with Gasteiger partial charge in [-0.1, -0.05) is 139 Å². The summed E-state index contributed by atoms with van der Waals surface area (Å²) in [5.74, 6) is -0.207. The minimum absolute atomic E-state index is 0.207. The van der Waals surface area contributed by atoms with E-state index in [1.165, 1.54) is 51.4 Å². The highest BCUT2D eigenvalue weighted by Gasteiger charge is 2.44. The molecule has 9 nitrogen and oxygen atoms in total. The molecule has 1 heterocycles. The van der Waals surface area contributed by atoms with Gasteiger partial charge in [-0.25, -0.2) is 0 Å². The molecule has 9 heteroatoms. The molecule has 7 atom stereocenters. The molecule has 1 amide bonds. The Balaban J connectivity index is 2.35. The van der Waals surface area contributed by atoms with Crippen LogP contribution in [0, 0.1) is 0 Å². The zero-order chi connectivity index (χ0) is 38.1. The molecule has 1 aliphatic heterocycles. The highest BCUT2D eigenvalue weighted by Crippen LogP contribution is 2.22.